The zero-order valence-electron chi connectivity index (χ0n) is 9.71. The van der Waals surface area contributed by atoms with E-state index in [-0.39, 0.29) is 17.7 Å². The van der Waals surface area contributed by atoms with Crippen molar-refractivity contribution in [3.63, 3.8) is 0 Å². The fourth-order valence-electron chi connectivity index (χ4n) is 1.24. The van der Waals surface area contributed by atoms with E-state index < -0.39 is 6.10 Å². The van der Waals surface area contributed by atoms with E-state index in [1.807, 2.05) is 27.7 Å². The van der Waals surface area contributed by atoms with Crippen LogP contribution >= 0.6 is 0 Å². The minimum atomic E-state index is -0.437. The summed E-state index contributed by atoms with van der Waals surface area (Å²) >= 11 is 0. The van der Waals surface area contributed by atoms with Gasteiger partial charge in [0.25, 0.3) is 0 Å². The third-order valence-electron chi connectivity index (χ3n) is 2.61. The number of nitrogens with one attached hydrogen (secondary N) is 1. The van der Waals surface area contributed by atoms with Crippen molar-refractivity contribution in [3.05, 3.63) is 0 Å². The molecule has 0 heterocycles. The van der Waals surface area contributed by atoms with Crippen LogP contribution < -0.4 is 5.32 Å². The number of carbonyl (C=O) groups excluding carboxylic acids is 1. The minimum absolute atomic E-state index is 0.0645. The Morgan fingerprint density at radius 1 is 1.29 bits per heavy atom. The van der Waals surface area contributed by atoms with Crippen LogP contribution in [0.5, 0.6) is 0 Å². The molecule has 0 aromatic rings. The molecule has 1 unspecified atom stereocenters. The highest BCUT2D eigenvalue weighted by Crippen LogP contribution is 2.07. The number of rotatable bonds is 6. The monoisotopic (exact) mass is 201 g/mol. The molecule has 14 heavy (non-hydrogen) atoms. The van der Waals surface area contributed by atoms with Crippen LogP contribution in [0.1, 0.15) is 40.5 Å². The maximum absolute atomic E-state index is 11.5. The normalized spacial score (nSPS) is 13.4. The predicted molar refractivity (Wildman–Crippen MR) is 57.9 cm³/mol. The number of carbonyl (C=O) groups is 1. The topological polar surface area (TPSA) is 49.3 Å². The molecule has 0 radical (unpaired) electrons. The molecule has 0 aliphatic carbocycles. The Bertz CT molecular complexity index is 165. The minimum Gasteiger partial charge on any atom is -0.391 e. The van der Waals surface area contributed by atoms with Gasteiger partial charge in [-0.05, 0) is 18.8 Å². The highest BCUT2D eigenvalue weighted by Gasteiger charge is 2.16. The average molecular weight is 201 g/mol. The molecule has 0 fully saturated rings. The Labute approximate surface area is 86.9 Å². The van der Waals surface area contributed by atoms with Crippen LogP contribution in [-0.4, -0.2) is 23.7 Å². The van der Waals surface area contributed by atoms with Crippen LogP contribution in [0.3, 0.4) is 0 Å². The Balaban J connectivity index is 3.83. The Hall–Kier alpha value is -0.570. The van der Waals surface area contributed by atoms with Crippen LogP contribution in [0.15, 0.2) is 0 Å². The molecular formula is C11H23NO2. The first kappa shape index (κ1) is 13.4. The molecule has 0 rings (SSSR count). The van der Waals surface area contributed by atoms with Gasteiger partial charge < -0.3 is 10.4 Å². The van der Waals surface area contributed by atoms with Crippen LogP contribution in [-0.2, 0) is 4.79 Å². The first-order valence-electron chi connectivity index (χ1n) is 5.48. The van der Waals surface area contributed by atoms with Crippen molar-refractivity contribution in [2.45, 2.75) is 46.6 Å². The maximum Gasteiger partial charge on any atom is 0.223 e. The third kappa shape index (κ3) is 4.61. The summed E-state index contributed by atoms with van der Waals surface area (Å²) in [5, 5.41) is 12.3. The van der Waals surface area contributed by atoms with Gasteiger partial charge in [0.15, 0.2) is 0 Å². The molecule has 0 aromatic heterocycles. The molecule has 0 saturated carbocycles. The van der Waals surface area contributed by atoms with Crippen molar-refractivity contribution in [2.24, 2.45) is 11.8 Å². The summed E-state index contributed by atoms with van der Waals surface area (Å²) in [4.78, 5) is 11.5. The molecule has 0 saturated heterocycles. The van der Waals surface area contributed by atoms with Gasteiger partial charge in [0.2, 0.25) is 5.91 Å². The van der Waals surface area contributed by atoms with Gasteiger partial charge in [-0.25, -0.2) is 0 Å². The molecule has 1 atom stereocenters. The smallest absolute Gasteiger partial charge is 0.223 e. The van der Waals surface area contributed by atoms with Crippen molar-refractivity contribution in [3.8, 4) is 0 Å². The molecule has 84 valence electrons. The van der Waals surface area contributed by atoms with Crippen LogP contribution in [0.25, 0.3) is 0 Å². The van der Waals surface area contributed by atoms with E-state index in [1.165, 1.54) is 0 Å². The first-order chi connectivity index (χ1) is 6.52. The molecule has 0 aliphatic heterocycles. The Kier molecular flexibility index (Phi) is 6.54. The number of hydrogen-bond acceptors (Lipinski definition) is 2. The van der Waals surface area contributed by atoms with Gasteiger partial charge in [-0.15, -0.1) is 0 Å². The van der Waals surface area contributed by atoms with Crippen molar-refractivity contribution in [2.75, 3.05) is 6.54 Å². The molecule has 0 aromatic carbocycles. The quantitative estimate of drug-likeness (QED) is 0.685. The SMILES string of the molecule is CCC(CC)C(=O)NCC(O)C(C)C. The van der Waals surface area contributed by atoms with Crippen LogP contribution in [0.2, 0.25) is 0 Å². The zero-order chi connectivity index (χ0) is 11.1. The van der Waals surface area contributed by atoms with Gasteiger partial charge >= 0.3 is 0 Å². The fraction of sp³-hybridized carbons (Fsp3) is 0.909. The second kappa shape index (κ2) is 6.82. The lowest BCUT2D eigenvalue weighted by Crippen LogP contribution is -2.37. The number of aliphatic hydroxyl groups excluding tert-OH is 1. The molecule has 0 bridgehead atoms. The summed E-state index contributed by atoms with van der Waals surface area (Å²) in [6, 6.07) is 0. The highest BCUT2D eigenvalue weighted by molar-refractivity contribution is 5.78. The molecule has 0 aliphatic rings. The summed E-state index contributed by atoms with van der Waals surface area (Å²) in [5.74, 6) is 0.348. The number of hydrogen-bond donors (Lipinski definition) is 2. The van der Waals surface area contributed by atoms with Crippen molar-refractivity contribution in [1.29, 1.82) is 0 Å². The number of amides is 1. The van der Waals surface area contributed by atoms with Gasteiger partial charge in [0, 0.05) is 12.5 Å². The summed E-state index contributed by atoms with van der Waals surface area (Å²) in [6.45, 7) is 8.26. The molecule has 3 nitrogen and oxygen atoms in total. The molecule has 2 N–H and O–H groups in total. The first-order valence-corrected chi connectivity index (χ1v) is 5.48. The van der Waals surface area contributed by atoms with Gasteiger partial charge in [0.1, 0.15) is 0 Å². The lowest BCUT2D eigenvalue weighted by Gasteiger charge is -2.17. The highest BCUT2D eigenvalue weighted by atomic mass is 16.3. The van der Waals surface area contributed by atoms with Gasteiger partial charge in [0.05, 0.1) is 6.10 Å². The van der Waals surface area contributed by atoms with E-state index in [0.29, 0.717) is 6.54 Å². The molecular weight excluding hydrogens is 178 g/mol. The zero-order valence-corrected chi connectivity index (χ0v) is 9.71. The van der Waals surface area contributed by atoms with E-state index in [4.69, 9.17) is 0 Å². The summed E-state index contributed by atoms with van der Waals surface area (Å²) in [7, 11) is 0. The van der Waals surface area contributed by atoms with Gasteiger partial charge in [-0.2, -0.15) is 0 Å². The maximum atomic E-state index is 11.5. The van der Waals surface area contributed by atoms with Gasteiger partial charge in [-0.1, -0.05) is 27.7 Å². The Morgan fingerprint density at radius 3 is 2.14 bits per heavy atom. The van der Waals surface area contributed by atoms with E-state index >= 15 is 0 Å². The van der Waals surface area contributed by atoms with Crippen molar-refractivity contribution < 1.29 is 9.90 Å². The summed E-state index contributed by atoms with van der Waals surface area (Å²) in [5.41, 5.74) is 0. The van der Waals surface area contributed by atoms with Gasteiger partial charge in [-0.3, -0.25) is 4.79 Å². The predicted octanol–water partition coefficient (Wildman–Crippen LogP) is 1.56. The third-order valence-corrected chi connectivity index (χ3v) is 2.61. The van der Waals surface area contributed by atoms with E-state index in [9.17, 15) is 9.90 Å². The molecule has 0 spiro atoms. The van der Waals surface area contributed by atoms with E-state index in [0.717, 1.165) is 12.8 Å². The standard InChI is InChI=1S/C11H23NO2/c1-5-9(6-2)11(14)12-7-10(13)8(3)4/h8-10,13H,5-7H2,1-4H3,(H,12,14). The average Bonchev–Trinajstić information content (AvgIpc) is 2.15. The fourth-order valence-corrected chi connectivity index (χ4v) is 1.24. The molecule has 3 heteroatoms. The second-order valence-electron chi connectivity index (χ2n) is 4.07. The second-order valence-corrected chi connectivity index (χ2v) is 4.07. The van der Waals surface area contributed by atoms with E-state index in [1.54, 1.807) is 0 Å². The van der Waals surface area contributed by atoms with Crippen molar-refractivity contribution >= 4 is 5.91 Å². The molecule has 1 amide bonds. The van der Waals surface area contributed by atoms with Crippen LogP contribution in [0.4, 0.5) is 0 Å². The summed E-state index contributed by atoms with van der Waals surface area (Å²) in [6.07, 6.45) is 1.29. The lowest BCUT2D eigenvalue weighted by molar-refractivity contribution is -0.125. The lowest BCUT2D eigenvalue weighted by atomic mass is 10.0. The van der Waals surface area contributed by atoms with Crippen LogP contribution in [0, 0.1) is 11.8 Å². The Morgan fingerprint density at radius 2 is 1.79 bits per heavy atom. The van der Waals surface area contributed by atoms with E-state index in [2.05, 4.69) is 5.32 Å². The summed E-state index contributed by atoms with van der Waals surface area (Å²) < 4.78 is 0. The largest absolute Gasteiger partial charge is 0.391 e. The van der Waals surface area contributed by atoms with Crippen molar-refractivity contribution in [1.82, 2.24) is 5.32 Å². The number of aliphatic hydroxyl groups is 1.